The van der Waals surface area contributed by atoms with E-state index >= 15 is 0 Å². The van der Waals surface area contributed by atoms with Gasteiger partial charge in [-0.25, -0.2) is 0 Å². The number of benzene rings is 1. The van der Waals surface area contributed by atoms with E-state index in [1.54, 1.807) is 18.2 Å². The van der Waals surface area contributed by atoms with E-state index in [9.17, 15) is 4.79 Å². The van der Waals surface area contributed by atoms with Gasteiger partial charge in [0.05, 0.1) is 18.0 Å². The SMILES string of the molecule is COc1nc(NC(=O)Cc2ccc(Cl)cc2CN(C)C)ccc1Br. The second-order valence-corrected chi connectivity index (χ2v) is 6.85. The molecule has 1 aromatic heterocycles. The second kappa shape index (κ2) is 8.46. The van der Waals surface area contributed by atoms with Gasteiger partial charge in [-0.15, -0.1) is 0 Å². The Morgan fingerprint density at radius 3 is 2.71 bits per heavy atom. The summed E-state index contributed by atoms with van der Waals surface area (Å²) >= 11 is 9.40. The fourth-order valence-corrected chi connectivity index (χ4v) is 2.83. The van der Waals surface area contributed by atoms with Gasteiger partial charge >= 0.3 is 0 Å². The maximum Gasteiger partial charge on any atom is 0.229 e. The minimum atomic E-state index is -0.144. The van der Waals surface area contributed by atoms with Gasteiger partial charge in [0.25, 0.3) is 0 Å². The normalized spacial score (nSPS) is 10.8. The van der Waals surface area contributed by atoms with Gasteiger partial charge in [0.15, 0.2) is 0 Å². The number of hydrogen-bond donors (Lipinski definition) is 1. The summed E-state index contributed by atoms with van der Waals surface area (Å²) in [5, 5.41) is 3.45. The van der Waals surface area contributed by atoms with Crippen molar-refractivity contribution in [2.24, 2.45) is 0 Å². The lowest BCUT2D eigenvalue weighted by atomic mass is 10.0. The van der Waals surface area contributed by atoms with Crippen LogP contribution in [0.15, 0.2) is 34.8 Å². The lowest BCUT2D eigenvalue weighted by Crippen LogP contribution is -2.18. The highest BCUT2D eigenvalue weighted by atomic mass is 79.9. The van der Waals surface area contributed by atoms with E-state index in [4.69, 9.17) is 16.3 Å². The van der Waals surface area contributed by atoms with Gasteiger partial charge in [0.2, 0.25) is 11.8 Å². The average molecular weight is 413 g/mol. The first-order valence-corrected chi connectivity index (χ1v) is 8.48. The van der Waals surface area contributed by atoms with E-state index < -0.39 is 0 Å². The number of aromatic nitrogens is 1. The third kappa shape index (κ3) is 5.19. The van der Waals surface area contributed by atoms with Crippen LogP contribution in [0.1, 0.15) is 11.1 Å². The highest BCUT2D eigenvalue weighted by Crippen LogP contribution is 2.24. The molecule has 128 valence electrons. The molecule has 0 aliphatic rings. The molecule has 0 aliphatic carbocycles. The lowest BCUT2D eigenvalue weighted by Gasteiger charge is -2.15. The van der Waals surface area contributed by atoms with Gasteiger partial charge in [-0.2, -0.15) is 4.98 Å². The minimum absolute atomic E-state index is 0.144. The van der Waals surface area contributed by atoms with Crippen LogP contribution in [0.25, 0.3) is 0 Å². The molecule has 0 bridgehead atoms. The van der Waals surface area contributed by atoms with Crippen molar-refractivity contribution in [1.29, 1.82) is 0 Å². The van der Waals surface area contributed by atoms with Crippen LogP contribution in [0.4, 0.5) is 5.82 Å². The molecule has 5 nitrogen and oxygen atoms in total. The van der Waals surface area contributed by atoms with E-state index in [2.05, 4.69) is 26.2 Å². The number of carbonyl (C=O) groups excluding carboxylic acids is 1. The molecule has 0 atom stereocenters. The van der Waals surface area contributed by atoms with Gasteiger partial charge in [-0.1, -0.05) is 17.7 Å². The molecular formula is C17H19BrClN3O2. The first-order chi connectivity index (χ1) is 11.4. The Morgan fingerprint density at radius 1 is 1.29 bits per heavy atom. The molecule has 24 heavy (non-hydrogen) atoms. The molecule has 1 N–H and O–H groups in total. The smallest absolute Gasteiger partial charge is 0.229 e. The molecule has 0 unspecified atom stereocenters. The Balaban J connectivity index is 2.12. The van der Waals surface area contributed by atoms with Crippen LogP contribution in [0, 0.1) is 0 Å². The summed E-state index contributed by atoms with van der Waals surface area (Å²) < 4.78 is 5.86. The predicted octanol–water partition coefficient (Wildman–Crippen LogP) is 3.75. The van der Waals surface area contributed by atoms with Crippen LogP contribution in [0.2, 0.25) is 5.02 Å². The molecule has 7 heteroatoms. The summed E-state index contributed by atoms with van der Waals surface area (Å²) in [4.78, 5) is 18.6. The quantitative estimate of drug-likeness (QED) is 0.785. The van der Waals surface area contributed by atoms with Crippen LogP contribution in [-0.4, -0.2) is 37.0 Å². The van der Waals surface area contributed by atoms with Crippen molar-refractivity contribution in [2.45, 2.75) is 13.0 Å². The fraction of sp³-hybridized carbons (Fsp3) is 0.294. The summed E-state index contributed by atoms with van der Waals surface area (Å²) in [5.41, 5.74) is 1.97. The van der Waals surface area contributed by atoms with Crippen LogP contribution >= 0.6 is 27.5 Å². The highest BCUT2D eigenvalue weighted by Gasteiger charge is 2.11. The Labute approximate surface area is 155 Å². The van der Waals surface area contributed by atoms with Crippen molar-refractivity contribution in [2.75, 3.05) is 26.5 Å². The van der Waals surface area contributed by atoms with E-state index in [0.717, 1.165) is 15.6 Å². The number of carbonyl (C=O) groups is 1. The second-order valence-electron chi connectivity index (χ2n) is 5.56. The number of hydrogen-bond acceptors (Lipinski definition) is 4. The predicted molar refractivity (Wildman–Crippen MR) is 99.7 cm³/mol. The molecule has 0 saturated carbocycles. The number of methoxy groups -OCH3 is 1. The molecule has 0 aliphatic heterocycles. The molecule has 2 rings (SSSR count). The molecule has 0 radical (unpaired) electrons. The van der Waals surface area contributed by atoms with Gasteiger partial charge < -0.3 is 15.0 Å². The molecule has 1 heterocycles. The van der Waals surface area contributed by atoms with Crippen molar-refractivity contribution in [1.82, 2.24) is 9.88 Å². The third-order valence-corrected chi connectivity index (χ3v) is 4.12. The maximum absolute atomic E-state index is 12.3. The van der Waals surface area contributed by atoms with Gasteiger partial charge in [-0.3, -0.25) is 4.79 Å². The van der Waals surface area contributed by atoms with E-state index in [-0.39, 0.29) is 12.3 Å². The van der Waals surface area contributed by atoms with Gasteiger partial charge in [0.1, 0.15) is 5.82 Å². The first-order valence-electron chi connectivity index (χ1n) is 7.31. The average Bonchev–Trinajstić information content (AvgIpc) is 2.51. The number of nitrogens with zero attached hydrogens (tertiary/aromatic N) is 2. The molecule has 0 fully saturated rings. The van der Waals surface area contributed by atoms with E-state index in [1.807, 2.05) is 31.1 Å². The zero-order valence-electron chi connectivity index (χ0n) is 13.8. The van der Waals surface area contributed by atoms with Crippen molar-refractivity contribution >= 4 is 39.3 Å². The Morgan fingerprint density at radius 2 is 2.04 bits per heavy atom. The van der Waals surface area contributed by atoms with E-state index in [1.165, 1.54) is 7.11 Å². The number of rotatable bonds is 6. The summed E-state index contributed by atoms with van der Waals surface area (Å²) in [7, 11) is 5.48. The van der Waals surface area contributed by atoms with Crippen molar-refractivity contribution in [3.63, 3.8) is 0 Å². The number of amides is 1. The Bertz CT molecular complexity index is 738. The molecule has 1 amide bonds. The van der Waals surface area contributed by atoms with Crippen LogP contribution in [-0.2, 0) is 17.8 Å². The minimum Gasteiger partial charge on any atom is -0.480 e. The van der Waals surface area contributed by atoms with Crippen molar-refractivity contribution < 1.29 is 9.53 Å². The van der Waals surface area contributed by atoms with Gasteiger partial charge in [-0.05, 0) is 65.4 Å². The van der Waals surface area contributed by atoms with Crippen molar-refractivity contribution in [3.05, 3.63) is 51.0 Å². The van der Waals surface area contributed by atoms with Crippen LogP contribution < -0.4 is 10.1 Å². The van der Waals surface area contributed by atoms with Crippen LogP contribution in [0.5, 0.6) is 5.88 Å². The molecular weight excluding hydrogens is 394 g/mol. The van der Waals surface area contributed by atoms with Crippen LogP contribution in [0.3, 0.4) is 0 Å². The molecule has 1 aromatic carbocycles. The number of anilines is 1. The number of ether oxygens (including phenoxy) is 1. The Hall–Kier alpha value is -1.63. The fourth-order valence-electron chi connectivity index (χ4n) is 2.25. The summed E-state index contributed by atoms with van der Waals surface area (Å²) in [6.45, 7) is 0.716. The van der Waals surface area contributed by atoms with E-state index in [0.29, 0.717) is 23.3 Å². The summed E-state index contributed by atoms with van der Waals surface area (Å²) in [6.07, 6.45) is 0.250. The monoisotopic (exact) mass is 411 g/mol. The number of pyridine rings is 1. The zero-order valence-corrected chi connectivity index (χ0v) is 16.1. The maximum atomic E-state index is 12.3. The molecule has 0 saturated heterocycles. The lowest BCUT2D eigenvalue weighted by molar-refractivity contribution is -0.115. The number of nitrogens with one attached hydrogen (secondary N) is 1. The molecule has 2 aromatic rings. The first kappa shape index (κ1) is 18.7. The number of halogens is 2. The molecule has 0 spiro atoms. The zero-order chi connectivity index (χ0) is 17.7. The standard InChI is InChI=1S/C17H19BrClN3O2/c1-22(2)10-12-8-13(19)5-4-11(12)9-16(23)20-15-7-6-14(18)17(21-15)24-3/h4-8H,9-10H2,1-3H3,(H,20,21,23). The Kier molecular flexibility index (Phi) is 6.60. The third-order valence-electron chi connectivity index (χ3n) is 3.28. The van der Waals surface area contributed by atoms with Gasteiger partial charge in [0, 0.05) is 11.6 Å². The highest BCUT2D eigenvalue weighted by molar-refractivity contribution is 9.10. The summed E-state index contributed by atoms with van der Waals surface area (Å²) in [5.74, 6) is 0.727. The largest absolute Gasteiger partial charge is 0.480 e. The van der Waals surface area contributed by atoms with Crippen molar-refractivity contribution in [3.8, 4) is 5.88 Å². The topological polar surface area (TPSA) is 54.5 Å². The summed E-state index contributed by atoms with van der Waals surface area (Å²) in [6, 6.07) is 9.07.